The number of carbonyl (C=O) groups is 1. The van der Waals surface area contributed by atoms with E-state index in [1.165, 1.54) is 19.3 Å². The maximum Gasteiger partial charge on any atom is 0.222 e. The van der Waals surface area contributed by atoms with Crippen LogP contribution >= 0.6 is 0 Å². The van der Waals surface area contributed by atoms with Crippen LogP contribution in [0.3, 0.4) is 0 Å². The van der Waals surface area contributed by atoms with Crippen molar-refractivity contribution in [1.29, 1.82) is 0 Å². The van der Waals surface area contributed by atoms with Crippen molar-refractivity contribution in [3.8, 4) is 0 Å². The number of rotatable bonds is 3. The van der Waals surface area contributed by atoms with Crippen LogP contribution in [-0.2, 0) is 9.53 Å². The van der Waals surface area contributed by atoms with Crippen molar-refractivity contribution in [2.45, 2.75) is 57.1 Å². The third-order valence-electron chi connectivity index (χ3n) is 3.60. The molecule has 0 bridgehead atoms. The van der Waals surface area contributed by atoms with E-state index in [0.717, 1.165) is 39.0 Å². The van der Waals surface area contributed by atoms with Crippen molar-refractivity contribution in [2.24, 2.45) is 0 Å². The third-order valence-corrected chi connectivity index (χ3v) is 3.60. The average molecular weight is 240 g/mol. The van der Waals surface area contributed by atoms with E-state index in [9.17, 15) is 4.79 Å². The van der Waals surface area contributed by atoms with E-state index in [4.69, 9.17) is 4.74 Å². The van der Waals surface area contributed by atoms with E-state index >= 15 is 0 Å². The fourth-order valence-electron chi connectivity index (χ4n) is 2.60. The van der Waals surface area contributed by atoms with E-state index in [2.05, 4.69) is 10.6 Å². The molecule has 2 fully saturated rings. The Hall–Kier alpha value is -0.610. The first-order chi connectivity index (χ1) is 8.34. The van der Waals surface area contributed by atoms with Gasteiger partial charge in [-0.3, -0.25) is 4.79 Å². The third kappa shape index (κ3) is 4.64. The summed E-state index contributed by atoms with van der Waals surface area (Å²) >= 11 is 0. The zero-order valence-electron chi connectivity index (χ0n) is 10.5. The fraction of sp³-hybridized carbons (Fsp3) is 0.923. The van der Waals surface area contributed by atoms with E-state index in [1.807, 2.05) is 0 Å². The molecule has 0 aromatic carbocycles. The number of carbonyl (C=O) groups excluding carboxylic acids is 1. The molecular formula is C13H24N2O2. The summed E-state index contributed by atoms with van der Waals surface area (Å²) in [6.07, 6.45) is 7.60. The average Bonchev–Trinajstić information content (AvgIpc) is 2.59. The van der Waals surface area contributed by atoms with Gasteiger partial charge >= 0.3 is 0 Å². The maximum absolute atomic E-state index is 11.9. The van der Waals surface area contributed by atoms with Gasteiger partial charge in [0.25, 0.3) is 0 Å². The smallest absolute Gasteiger partial charge is 0.222 e. The molecule has 4 nitrogen and oxygen atoms in total. The predicted molar refractivity (Wildman–Crippen MR) is 66.9 cm³/mol. The SMILES string of the molecule is O=C(CC1CCCCO1)NC1CCCCNC1. The van der Waals surface area contributed by atoms with Crippen LogP contribution in [0.25, 0.3) is 0 Å². The van der Waals surface area contributed by atoms with Gasteiger partial charge in [0.15, 0.2) is 0 Å². The molecule has 2 saturated heterocycles. The Morgan fingerprint density at radius 1 is 1.24 bits per heavy atom. The lowest BCUT2D eigenvalue weighted by molar-refractivity contribution is -0.125. The highest BCUT2D eigenvalue weighted by atomic mass is 16.5. The van der Waals surface area contributed by atoms with Gasteiger partial charge in [-0.05, 0) is 38.6 Å². The lowest BCUT2D eigenvalue weighted by Crippen LogP contribution is -2.42. The van der Waals surface area contributed by atoms with Gasteiger partial charge in [0, 0.05) is 19.2 Å². The number of ether oxygens (including phenoxy) is 1. The van der Waals surface area contributed by atoms with Crippen molar-refractivity contribution in [2.75, 3.05) is 19.7 Å². The molecule has 0 spiro atoms. The summed E-state index contributed by atoms with van der Waals surface area (Å²) in [4.78, 5) is 11.9. The molecule has 0 radical (unpaired) electrons. The predicted octanol–water partition coefficient (Wildman–Crippen LogP) is 1.20. The Morgan fingerprint density at radius 3 is 2.94 bits per heavy atom. The van der Waals surface area contributed by atoms with Gasteiger partial charge < -0.3 is 15.4 Å². The van der Waals surface area contributed by atoms with Crippen molar-refractivity contribution in [1.82, 2.24) is 10.6 Å². The molecule has 98 valence electrons. The summed E-state index contributed by atoms with van der Waals surface area (Å²) in [5.74, 6) is 0.158. The number of nitrogens with one attached hydrogen (secondary N) is 2. The van der Waals surface area contributed by atoms with Crippen LogP contribution < -0.4 is 10.6 Å². The van der Waals surface area contributed by atoms with Gasteiger partial charge in [-0.1, -0.05) is 6.42 Å². The molecular weight excluding hydrogens is 216 g/mol. The molecule has 0 aromatic heterocycles. The van der Waals surface area contributed by atoms with Crippen LogP contribution in [-0.4, -0.2) is 37.7 Å². The number of amides is 1. The second kappa shape index (κ2) is 6.97. The molecule has 2 rings (SSSR count). The molecule has 0 aliphatic carbocycles. The lowest BCUT2D eigenvalue weighted by Gasteiger charge is -2.23. The molecule has 0 saturated carbocycles. The summed E-state index contributed by atoms with van der Waals surface area (Å²) < 4.78 is 5.59. The Labute approximate surface area is 103 Å². The minimum absolute atomic E-state index is 0.155. The van der Waals surface area contributed by atoms with Crippen LogP contribution in [0.4, 0.5) is 0 Å². The summed E-state index contributed by atoms with van der Waals surface area (Å²) in [5.41, 5.74) is 0. The summed E-state index contributed by atoms with van der Waals surface area (Å²) in [5, 5.41) is 6.49. The van der Waals surface area contributed by atoms with Crippen LogP contribution in [0.5, 0.6) is 0 Å². The van der Waals surface area contributed by atoms with Gasteiger partial charge in [0.2, 0.25) is 5.91 Å². The van der Waals surface area contributed by atoms with E-state index in [1.54, 1.807) is 0 Å². The van der Waals surface area contributed by atoms with Gasteiger partial charge in [-0.15, -0.1) is 0 Å². The summed E-state index contributed by atoms with van der Waals surface area (Å²) in [6.45, 7) is 2.82. The van der Waals surface area contributed by atoms with Gasteiger partial charge in [0.1, 0.15) is 0 Å². The molecule has 2 N–H and O–H groups in total. The number of hydrogen-bond donors (Lipinski definition) is 2. The standard InChI is InChI=1S/C13H24N2O2/c16-13(9-12-6-2-4-8-17-12)15-11-5-1-3-7-14-10-11/h11-12,14H,1-10H2,(H,15,16). The second-order valence-corrected chi connectivity index (χ2v) is 5.16. The molecule has 2 atom stereocenters. The van der Waals surface area contributed by atoms with E-state index in [0.29, 0.717) is 12.5 Å². The second-order valence-electron chi connectivity index (χ2n) is 5.16. The normalized spacial score (nSPS) is 30.6. The zero-order valence-corrected chi connectivity index (χ0v) is 10.5. The topological polar surface area (TPSA) is 50.4 Å². The van der Waals surface area contributed by atoms with Gasteiger partial charge in [-0.2, -0.15) is 0 Å². The molecule has 0 aromatic rings. The highest BCUT2D eigenvalue weighted by Crippen LogP contribution is 2.15. The minimum Gasteiger partial charge on any atom is -0.378 e. The first-order valence-corrected chi connectivity index (χ1v) is 6.96. The largest absolute Gasteiger partial charge is 0.378 e. The van der Waals surface area contributed by atoms with E-state index in [-0.39, 0.29) is 12.0 Å². The van der Waals surface area contributed by atoms with Crippen molar-refractivity contribution < 1.29 is 9.53 Å². The Balaban J connectivity index is 1.68. The summed E-state index contributed by atoms with van der Waals surface area (Å²) in [7, 11) is 0. The first kappa shape index (κ1) is 12.8. The highest BCUT2D eigenvalue weighted by molar-refractivity contribution is 5.76. The van der Waals surface area contributed by atoms with Crippen molar-refractivity contribution in [3.05, 3.63) is 0 Å². The molecule has 17 heavy (non-hydrogen) atoms. The molecule has 1 amide bonds. The van der Waals surface area contributed by atoms with Crippen LogP contribution in [0.1, 0.15) is 44.9 Å². The minimum atomic E-state index is 0.155. The molecule has 2 unspecified atom stereocenters. The zero-order chi connectivity index (χ0) is 11.9. The Bertz CT molecular complexity index is 232. The monoisotopic (exact) mass is 240 g/mol. The number of hydrogen-bond acceptors (Lipinski definition) is 3. The van der Waals surface area contributed by atoms with Gasteiger partial charge in [-0.25, -0.2) is 0 Å². The van der Waals surface area contributed by atoms with Crippen LogP contribution in [0.15, 0.2) is 0 Å². The van der Waals surface area contributed by atoms with Crippen LogP contribution in [0.2, 0.25) is 0 Å². The van der Waals surface area contributed by atoms with Crippen LogP contribution in [0, 0.1) is 0 Å². The van der Waals surface area contributed by atoms with Crippen molar-refractivity contribution >= 4 is 5.91 Å². The van der Waals surface area contributed by atoms with Gasteiger partial charge in [0.05, 0.1) is 12.5 Å². The Morgan fingerprint density at radius 2 is 2.12 bits per heavy atom. The van der Waals surface area contributed by atoms with E-state index < -0.39 is 0 Å². The lowest BCUT2D eigenvalue weighted by atomic mass is 10.1. The molecule has 2 heterocycles. The quantitative estimate of drug-likeness (QED) is 0.779. The van der Waals surface area contributed by atoms with Crippen molar-refractivity contribution in [3.63, 3.8) is 0 Å². The molecule has 4 heteroatoms. The maximum atomic E-state index is 11.9. The first-order valence-electron chi connectivity index (χ1n) is 6.96. The highest BCUT2D eigenvalue weighted by Gasteiger charge is 2.20. The fourth-order valence-corrected chi connectivity index (χ4v) is 2.60. The summed E-state index contributed by atoms with van der Waals surface area (Å²) in [6, 6.07) is 0.314. The Kier molecular flexibility index (Phi) is 5.26. The molecule has 2 aliphatic heterocycles. The molecule has 2 aliphatic rings.